The van der Waals surface area contributed by atoms with Gasteiger partial charge in [-0.25, -0.2) is 0 Å². The standard InChI is InChI=1S/C23H22N2O2S.C9H9NO3/c1-25(2)16-7-9-22-19(11-16)18-10-15(6-8-21(18)27-22)24-23(26)17-5-3-4-14-12-28-13-20(14)17;11-8(12)6-10-9(13)7-4-2-1-3-5-7/h3-6,8,10,12-13,16H,7,9,11H2,1-2H3,(H,24,26);1-5H,6H2,(H,10,13)(H,11,12). The molecule has 0 fully saturated rings. The number of thiophene rings is 1. The second kappa shape index (κ2) is 12.4. The topological polar surface area (TPSA) is 112 Å². The van der Waals surface area contributed by atoms with E-state index in [1.165, 1.54) is 5.56 Å². The average molecular weight is 570 g/mol. The van der Waals surface area contributed by atoms with Gasteiger partial charge in [-0.05, 0) is 79.5 Å². The van der Waals surface area contributed by atoms with Gasteiger partial charge in [-0.2, -0.15) is 11.3 Å². The molecular weight excluding hydrogens is 538 g/mol. The Labute approximate surface area is 241 Å². The van der Waals surface area contributed by atoms with Gasteiger partial charge in [0.25, 0.3) is 11.8 Å². The minimum Gasteiger partial charge on any atom is -0.480 e. The van der Waals surface area contributed by atoms with E-state index >= 15 is 0 Å². The fraction of sp³-hybridized carbons (Fsp3) is 0.219. The van der Waals surface area contributed by atoms with E-state index in [4.69, 9.17) is 9.52 Å². The lowest BCUT2D eigenvalue weighted by Crippen LogP contribution is -2.33. The summed E-state index contributed by atoms with van der Waals surface area (Å²) in [5.41, 5.74) is 4.17. The third kappa shape index (κ3) is 6.48. The Balaban J connectivity index is 0.000000219. The Bertz CT molecular complexity index is 1710. The molecule has 41 heavy (non-hydrogen) atoms. The molecule has 0 spiro atoms. The molecule has 1 aliphatic rings. The monoisotopic (exact) mass is 569 g/mol. The second-order valence-corrected chi connectivity index (χ2v) is 10.9. The number of hydrogen-bond donors (Lipinski definition) is 3. The molecule has 3 N–H and O–H groups in total. The quantitative estimate of drug-likeness (QED) is 0.238. The first-order valence-electron chi connectivity index (χ1n) is 13.3. The SMILES string of the molecule is CN(C)C1CCc2oc3ccc(NC(=O)c4cccc5cscc45)cc3c2C1.O=C(O)CNC(=O)c1ccccc1. The number of furan rings is 1. The lowest BCUT2D eigenvalue weighted by molar-refractivity contribution is -0.135. The molecule has 210 valence electrons. The highest BCUT2D eigenvalue weighted by Crippen LogP contribution is 2.34. The third-order valence-corrected chi connectivity index (χ3v) is 7.97. The number of hydrogen-bond acceptors (Lipinski definition) is 6. The van der Waals surface area contributed by atoms with Crippen molar-refractivity contribution >= 4 is 56.5 Å². The number of carboxylic acid groups (broad SMARTS) is 1. The number of anilines is 1. The minimum absolute atomic E-state index is 0.0770. The highest BCUT2D eigenvalue weighted by atomic mass is 32.1. The maximum atomic E-state index is 12.9. The predicted molar refractivity (Wildman–Crippen MR) is 162 cm³/mol. The Morgan fingerprint density at radius 1 is 0.976 bits per heavy atom. The highest BCUT2D eigenvalue weighted by Gasteiger charge is 2.25. The number of nitrogens with zero attached hydrogens (tertiary/aromatic N) is 1. The van der Waals surface area contributed by atoms with Crippen molar-refractivity contribution in [2.45, 2.75) is 25.3 Å². The molecule has 1 unspecified atom stereocenters. The molecule has 0 aliphatic heterocycles. The Hall–Kier alpha value is -4.47. The van der Waals surface area contributed by atoms with Crippen LogP contribution in [0.2, 0.25) is 0 Å². The summed E-state index contributed by atoms with van der Waals surface area (Å²) in [7, 11) is 4.27. The van der Waals surface area contributed by atoms with Crippen molar-refractivity contribution in [3.05, 3.63) is 99.9 Å². The summed E-state index contributed by atoms with van der Waals surface area (Å²) < 4.78 is 6.08. The zero-order valence-corrected chi connectivity index (χ0v) is 23.7. The van der Waals surface area contributed by atoms with E-state index < -0.39 is 5.97 Å². The molecular formula is C32H31N3O5S. The largest absolute Gasteiger partial charge is 0.480 e. The van der Waals surface area contributed by atoms with Crippen molar-refractivity contribution in [3.8, 4) is 0 Å². The number of likely N-dealkylation sites (N-methyl/N-ethyl adjacent to an activating group) is 1. The van der Waals surface area contributed by atoms with Crippen molar-refractivity contribution < 1.29 is 23.9 Å². The number of fused-ring (bicyclic) bond motifs is 4. The van der Waals surface area contributed by atoms with Gasteiger partial charge in [-0.3, -0.25) is 14.4 Å². The van der Waals surface area contributed by atoms with Crippen LogP contribution < -0.4 is 10.6 Å². The van der Waals surface area contributed by atoms with Crippen LogP contribution in [0.3, 0.4) is 0 Å². The van der Waals surface area contributed by atoms with Crippen LogP contribution in [0.1, 0.15) is 38.5 Å². The number of carboxylic acids is 1. The number of aryl methyl sites for hydroxylation is 1. The molecule has 9 heteroatoms. The zero-order chi connectivity index (χ0) is 28.9. The molecule has 0 radical (unpaired) electrons. The normalized spacial score (nSPS) is 14.3. The molecule has 2 heterocycles. The van der Waals surface area contributed by atoms with Crippen molar-refractivity contribution in [2.75, 3.05) is 26.0 Å². The summed E-state index contributed by atoms with van der Waals surface area (Å²) >= 11 is 1.62. The minimum atomic E-state index is -1.05. The first-order chi connectivity index (χ1) is 19.8. The summed E-state index contributed by atoms with van der Waals surface area (Å²) in [6.07, 6.45) is 3.07. The molecule has 5 aromatic rings. The van der Waals surface area contributed by atoms with E-state index in [9.17, 15) is 14.4 Å². The number of carbonyl (C=O) groups is 3. The molecule has 2 aromatic heterocycles. The van der Waals surface area contributed by atoms with Crippen LogP contribution in [0, 0.1) is 0 Å². The van der Waals surface area contributed by atoms with Crippen molar-refractivity contribution in [2.24, 2.45) is 0 Å². The number of carbonyl (C=O) groups excluding carboxylic acids is 2. The van der Waals surface area contributed by atoms with Crippen LogP contribution in [0.15, 0.2) is 81.9 Å². The molecule has 8 nitrogen and oxygen atoms in total. The van der Waals surface area contributed by atoms with E-state index in [0.717, 1.165) is 52.5 Å². The van der Waals surface area contributed by atoms with Gasteiger partial charge in [0.1, 0.15) is 17.9 Å². The van der Waals surface area contributed by atoms with E-state index in [2.05, 4.69) is 41.1 Å². The van der Waals surface area contributed by atoms with Gasteiger partial charge >= 0.3 is 5.97 Å². The summed E-state index contributed by atoms with van der Waals surface area (Å²) in [6, 6.07) is 20.8. The molecule has 6 rings (SSSR count). The van der Waals surface area contributed by atoms with E-state index in [1.54, 1.807) is 41.7 Å². The van der Waals surface area contributed by atoms with Gasteiger partial charge in [-0.1, -0.05) is 30.3 Å². The first kappa shape index (κ1) is 28.1. The summed E-state index contributed by atoms with van der Waals surface area (Å²) in [5, 5.41) is 20.9. The van der Waals surface area contributed by atoms with E-state index in [-0.39, 0.29) is 18.4 Å². The number of rotatable bonds is 6. The highest BCUT2D eigenvalue weighted by molar-refractivity contribution is 7.09. The van der Waals surface area contributed by atoms with Crippen LogP contribution in [0.5, 0.6) is 0 Å². The summed E-state index contributed by atoms with van der Waals surface area (Å²) in [6.45, 7) is -0.353. The Morgan fingerprint density at radius 3 is 2.54 bits per heavy atom. The molecule has 3 aromatic carbocycles. The molecule has 2 amide bonds. The second-order valence-electron chi connectivity index (χ2n) is 10.2. The Morgan fingerprint density at radius 2 is 1.78 bits per heavy atom. The van der Waals surface area contributed by atoms with E-state index in [0.29, 0.717) is 17.2 Å². The lowest BCUT2D eigenvalue weighted by Gasteiger charge is -2.27. The number of amides is 2. The maximum absolute atomic E-state index is 12.9. The smallest absolute Gasteiger partial charge is 0.322 e. The van der Waals surface area contributed by atoms with Gasteiger partial charge in [0, 0.05) is 45.6 Å². The maximum Gasteiger partial charge on any atom is 0.322 e. The van der Waals surface area contributed by atoms with Crippen LogP contribution in [0.4, 0.5) is 5.69 Å². The van der Waals surface area contributed by atoms with E-state index in [1.807, 2.05) is 35.7 Å². The molecule has 0 saturated heterocycles. The molecule has 0 bridgehead atoms. The average Bonchev–Trinajstić information content (AvgIpc) is 3.61. The zero-order valence-electron chi connectivity index (χ0n) is 22.8. The number of nitrogens with one attached hydrogen (secondary N) is 2. The van der Waals surface area contributed by atoms with Gasteiger partial charge in [0.15, 0.2) is 0 Å². The van der Waals surface area contributed by atoms with Crippen LogP contribution in [-0.4, -0.2) is 54.5 Å². The van der Waals surface area contributed by atoms with Crippen molar-refractivity contribution in [3.63, 3.8) is 0 Å². The van der Waals surface area contributed by atoms with Gasteiger partial charge < -0.3 is 25.1 Å². The van der Waals surface area contributed by atoms with Crippen LogP contribution in [-0.2, 0) is 17.6 Å². The van der Waals surface area contributed by atoms with Crippen LogP contribution >= 0.6 is 11.3 Å². The number of benzene rings is 3. The van der Waals surface area contributed by atoms with Gasteiger partial charge in [0.2, 0.25) is 0 Å². The molecule has 1 aliphatic carbocycles. The van der Waals surface area contributed by atoms with Gasteiger partial charge in [-0.15, -0.1) is 0 Å². The van der Waals surface area contributed by atoms with Crippen LogP contribution in [0.25, 0.3) is 21.7 Å². The predicted octanol–water partition coefficient (Wildman–Crippen LogP) is 5.82. The Kier molecular flexibility index (Phi) is 8.47. The molecule has 1 atom stereocenters. The number of aliphatic carboxylic acids is 1. The lowest BCUT2D eigenvalue weighted by atomic mass is 9.91. The third-order valence-electron chi connectivity index (χ3n) is 7.21. The molecule has 0 saturated carbocycles. The fourth-order valence-electron chi connectivity index (χ4n) is 5.02. The summed E-state index contributed by atoms with van der Waals surface area (Å²) in [4.78, 5) is 36.5. The summed E-state index contributed by atoms with van der Waals surface area (Å²) in [5.74, 6) is -0.404. The fourth-order valence-corrected chi connectivity index (χ4v) is 5.83. The van der Waals surface area contributed by atoms with Crippen molar-refractivity contribution in [1.29, 1.82) is 0 Å². The van der Waals surface area contributed by atoms with Gasteiger partial charge in [0.05, 0.1) is 0 Å². The van der Waals surface area contributed by atoms with Crippen molar-refractivity contribution in [1.82, 2.24) is 10.2 Å². The first-order valence-corrected chi connectivity index (χ1v) is 14.3.